The van der Waals surface area contributed by atoms with Gasteiger partial charge in [-0.1, -0.05) is 0 Å². The third-order valence-electron chi connectivity index (χ3n) is 0.972. The Balaban J connectivity index is 3.73. The van der Waals surface area contributed by atoms with Crippen LogP contribution in [0.1, 0.15) is 6.92 Å². The van der Waals surface area contributed by atoms with Crippen LogP contribution in [0.15, 0.2) is 0 Å². The maximum absolute atomic E-state index is 10.8. The monoisotopic (exact) mass is 160 g/mol. The Morgan fingerprint density at radius 3 is 2.45 bits per heavy atom. The molecule has 0 aromatic carbocycles. The van der Waals surface area contributed by atoms with Crippen LogP contribution in [0.3, 0.4) is 0 Å². The molecule has 64 valence electrons. The molecule has 0 aliphatic heterocycles. The fourth-order valence-electron chi connectivity index (χ4n) is 0.532. The zero-order chi connectivity index (χ0) is 8.85. The number of hydrogen-bond acceptors (Lipinski definition) is 3. The van der Waals surface area contributed by atoms with Crippen molar-refractivity contribution in [3.05, 3.63) is 0 Å². The van der Waals surface area contributed by atoms with Crippen molar-refractivity contribution < 1.29 is 14.3 Å². The van der Waals surface area contributed by atoms with Crippen LogP contribution in [0.25, 0.3) is 0 Å². The van der Waals surface area contributed by atoms with Crippen LogP contribution in [0.2, 0.25) is 0 Å². The molecule has 0 atom stereocenters. The summed E-state index contributed by atoms with van der Waals surface area (Å²) >= 11 is 0. The summed E-state index contributed by atoms with van der Waals surface area (Å²) in [4.78, 5) is 22.2. The Morgan fingerprint density at radius 1 is 1.55 bits per heavy atom. The van der Waals surface area contributed by atoms with Crippen LogP contribution in [0, 0.1) is 0 Å². The second kappa shape index (κ2) is 4.54. The van der Waals surface area contributed by atoms with Crippen LogP contribution >= 0.6 is 0 Å². The average Bonchev–Trinajstić information content (AvgIpc) is 1.86. The van der Waals surface area contributed by atoms with Crippen LogP contribution < -0.4 is 5.73 Å². The van der Waals surface area contributed by atoms with Crippen molar-refractivity contribution in [1.29, 1.82) is 0 Å². The largest absolute Gasteiger partial charge is 0.450 e. The molecule has 2 N–H and O–H groups in total. The number of likely N-dealkylation sites (N-methyl/N-ethyl adjacent to an activating group) is 1. The maximum atomic E-state index is 10.8. The number of carbonyl (C=O) groups excluding carboxylic acids is 2. The molecule has 0 saturated heterocycles. The Bertz CT molecular complexity index is 158. The lowest BCUT2D eigenvalue weighted by molar-refractivity contribution is -0.118. The Hall–Kier alpha value is -1.26. The van der Waals surface area contributed by atoms with Crippen molar-refractivity contribution >= 4 is 12.0 Å². The highest BCUT2D eigenvalue weighted by atomic mass is 16.6. The van der Waals surface area contributed by atoms with Gasteiger partial charge in [-0.2, -0.15) is 0 Å². The molecule has 0 aromatic rings. The third-order valence-corrected chi connectivity index (χ3v) is 0.972. The van der Waals surface area contributed by atoms with Crippen LogP contribution in [0.5, 0.6) is 0 Å². The highest BCUT2D eigenvalue weighted by molar-refractivity contribution is 5.80. The first-order valence-corrected chi connectivity index (χ1v) is 3.24. The predicted octanol–water partition coefficient (Wildman–Crippen LogP) is -0.440. The molecule has 0 aliphatic rings. The van der Waals surface area contributed by atoms with E-state index in [4.69, 9.17) is 5.73 Å². The first-order valence-electron chi connectivity index (χ1n) is 3.24. The molecule has 0 unspecified atom stereocenters. The molecule has 0 aliphatic carbocycles. The standard InChI is InChI=1S/C6H12N2O3/c1-3-11-6(10)8(2)4-5(7)9/h3-4H2,1-2H3,(H2,7,9). The number of ether oxygens (including phenoxy) is 1. The third kappa shape index (κ3) is 4.19. The second-order valence-electron chi connectivity index (χ2n) is 2.02. The fourth-order valence-corrected chi connectivity index (χ4v) is 0.532. The molecule has 5 heteroatoms. The van der Waals surface area contributed by atoms with Crippen LogP contribution in [-0.4, -0.2) is 37.1 Å². The van der Waals surface area contributed by atoms with Crippen LogP contribution in [0.4, 0.5) is 4.79 Å². The lowest BCUT2D eigenvalue weighted by atomic mass is 10.6. The molecule has 11 heavy (non-hydrogen) atoms. The van der Waals surface area contributed by atoms with E-state index in [2.05, 4.69) is 4.74 Å². The van der Waals surface area contributed by atoms with Gasteiger partial charge >= 0.3 is 6.09 Å². The highest BCUT2D eigenvalue weighted by Gasteiger charge is 2.10. The number of nitrogens with two attached hydrogens (primary N) is 1. The number of hydrogen-bond donors (Lipinski definition) is 1. The van der Waals surface area contributed by atoms with Gasteiger partial charge in [0, 0.05) is 7.05 Å². The van der Waals surface area contributed by atoms with Gasteiger partial charge < -0.3 is 15.4 Å². The average molecular weight is 160 g/mol. The Labute approximate surface area is 65.1 Å². The molecule has 5 nitrogen and oxygen atoms in total. The molecule has 0 spiro atoms. The minimum atomic E-state index is -0.555. The first kappa shape index (κ1) is 9.74. The van der Waals surface area contributed by atoms with E-state index in [9.17, 15) is 9.59 Å². The van der Waals surface area contributed by atoms with E-state index < -0.39 is 12.0 Å². The summed E-state index contributed by atoms with van der Waals surface area (Å²) in [6.07, 6.45) is -0.536. The van der Waals surface area contributed by atoms with Crippen LogP contribution in [-0.2, 0) is 9.53 Å². The van der Waals surface area contributed by atoms with Crippen molar-refractivity contribution in [2.75, 3.05) is 20.2 Å². The van der Waals surface area contributed by atoms with Crippen molar-refractivity contribution in [2.24, 2.45) is 5.73 Å². The Morgan fingerprint density at radius 2 is 2.09 bits per heavy atom. The van der Waals surface area contributed by atoms with E-state index in [1.807, 2.05) is 0 Å². The van der Waals surface area contributed by atoms with E-state index in [1.165, 1.54) is 7.05 Å². The molecule has 0 fully saturated rings. The van der Waals surface area contributed by atoms with Gasteiger partial charge in [0.15, 0.2) is 0 Å². The summed E-state index contributed by atoms with van der Waals surface area (Å²) in [5.74, 6) is -0.555. The minimum Gasteiger partial charge on any atom is -0.450 e. The Kier molecular flexibility index (Phi) is 4.02. The topological polar surface area (TPSA) is 72.6 Å². The normalized spacial score (nSPS) is 8.91. The molecule has 0 bridgehead atoms. The van der Waals surface area contributed by atoms with Crippen molar-refractivity contribution in [3.8, 4) is 0 Å². The van der Waals surface area contributed by atoms with Crippen molar-refractivity contribution in [1.82, 2.24) is 4.90 Å². The summed E-state index contributed by atoms with van der Waals surface area (Å²) in [5.41, 5.74) is 4.84. The smallest absolute Gasteiger partial charge is 0.409 e. The van der Waals surface area contributed by atoms with Gasteiger partial charge in [-0.15, -0.1) is 0 Å². The minimum absolute atomic E-state index is 0.112. The predicted molar refractivity (Wildman–Crippen MR) is 38.8 cm³/mol. The van der Waals surface area contributed by atoms with Gasteiger partial charge in [-0.3, -0.25) is 4.79 Å². The molecule has 0 saturated carbocycles. The number of rotatable bonds is 3. The zero-order valence-corrected chi connectivity index (χ0v) is 6.66. The number of carbonyl (C=O) groups is 2. The van der Waals surface area contributed by atoms with Crippen molar-refractivity contribution in [2.45, 2.75) is 6.92 Å². The van der Waals surface area contributed by atoms with E-state index >= 15 is 0 Å². The number of nitrogens with zero attached hydrogens (tertiary/aromatic N) is 1. The van der Waals surface area contributed by atoms with Gasteiger partial charge in [0.25, 0.3) is 0 Å². The SMILES string of the molecule is CCOC(=O)N(C)CC(N)=O. The van der Waals surface area contributed by atoms with E-state index in [0.29, 0.717) is 6.61 Å². The van der Waals surface area contributed by atoms with E-state index in [0.717, 1.165) is 4.90 Å². The maximum Gasteiger partial charge on any atom is 0.409 e. The summed E-state index contributed by atoms with van der Waals surface area (Å²) in [6, 6.07) is 0. The quantitative estimate of drug-likeness (QED) is 0.608. The molecule has 2 amide bonds. The van der Waals surface area contributed by atoms with Gasteiger partial charge in [-0.25, -0.2) is 4.79 Å². The molecule has 0 rings (SSSR count). The molecular weight excluding hydrogens is 148 g/mol. The molecule has 0 heterocycles. The zero-order valence-electron chi connectivity index (χ0n) is 6.66. The lowest BCUT2D eigenvalue weighted by Gasteiger charge is -2.13. The first-order chi connectivity index (χ1) is 5.07. The van der Waals surface area contributed by atoms with Crippen molar-refractivity contribution in [3.63, 3.8) is 0 Å². The lowest BCUT2D eigenvalue weighted by Crippen LogP contribution is -2.35. The summed E-state index contributed by atoms with van der Waals surface area (Å²) in [5, 5.41) is 0. The fraction of sp³-hybridized carbons (Fsp3) is 0.667. The number of amides is 2. The molecule has 0 aromatic heterocycles. The summed E-state index contributed by atoms with van der Waals surface area (Å²) < 4.78 is 4.58. The summed E-state index contributed by atoms with van der Waals surface area (Å²) in [6.45, 7) is 1.87. The second-order valence-corrected chi connectivity index (χ2v) is 2.02. The van der Waals surface area contributed by atoms with Gasteiger partial charge in [0.05, 0.1) is 6.61 Å². The van der Waals surface area contributed by atoms with Gasteiger partial charge in [0.2, 0.25) is 5.91 Å². The number of primary amides is 1. The summed E-state index contributed by atoms with van der Waals surface area (Å²) in [7, 11) is 1.45. The molecule has 0 radical (unpaired) electrons. The van der Waals surface area contributed by atoms with Gasteiger partial charge in [0.1, 0.15) is 6.54 Å². The highest BCUT2D eigenvalue weighted by Crippen LogP contribution is 1.87. The van der Waals surface area contributed by atoms with E-state index in [1.54, 1.807) is 6.92 Å². The van der Waals surface area contributed by atoms with E-state index in [-0.39, 0.29) is 6.54 Å². The van der Waals surface area contributed by atoms with Gasteiger partial charge in [-0.05, 0) is 6.92 Å². The molecular formula is C6H12N2O3.